The molecule has 0 spiro atoms. The third kappa shape index (κ3) is 3.89. The number of hydrogen-bond donors (Lipinski definition) is 1. The summed E-state index contributed by atoms with van der Waals surface area (Å²) in [6, 6.07) is 9.43. The molecule has 0 aliphatic heterocycles. The van der Waals surface area contributed by atoms with E-state index in [4.69, 9.17) is 0 Å². The smallest absolute Gasteiger partial charge is 0.257 e. The summed E-state index contributed by atoms with van der Waals surface area (Å²) in [5.41, 5.74) is 2.68. The van der Waals surface area contributed by atoms with Gasteiger partial charge in [0, 0.05) is 28.8 Å². The largest absolute Gasteiger partial charge is 0.298 e. The Morgan fingerprint density at radius 1 is 1.25 bits per heavy atom. The lowest BCUT2D eigenvalue weighted by Crippen LogP contribution is -2.14. The summed E-state index contributed by atoms with van der Waals surface area (Å²) in [5, 5.41) is 9.66. The highest BCUT2D eigenvalue weighted by atomic mass is 32.1. The van der Waals surface area contributed by atoms with Crippen LogP contribution in [0.5, 0.6) is 0 Å². The summed E-state index contributed by atoms with van der Waals surface area (Å²) < 4.78 is 1.85. The van der Waals surface area contributed by atoms with Crippen LogP contribution in [0.2, 0.25) is 0 Å². The minimum atomic E-state index is -0.143. The molecule has 0 saturated heterocycles. The Labute approximate surface area is 145 Å². The Kier molecular flexibility index (Phi) is 4.49. The predicted molar refractivity (Wildman–Crippen MR) is 96.5 cm³/mol. The van der Waals surface area contributed by atoms with Gasteiger partial charge in [0.05, 0.1) is 12.2 Å². The lowest BCUT2D eigenvalue weighted by Gasteiger charge is -2.14. The van der Waals surface area contributed by atoms with Gasteiger partial charge in [0.2, 0.25) is 0 Å². The average molecular weight is 340 g/mol. The molecule has 1 aromatic carbocycles. The maximum Gasteiger partial charge on any atom is 0.257 e. The first kappa shape index (κ1) is 16.4. The molecule has 0 saturated carbocycles. The van der Waals surface area contributed by atoms with Crippen LogP contribution >= 0.6 is 11.3 Å². The van der Waals surface area contributed by atoms with Crippen LogP contribution in [0.1, 0.15) is 42.4 Å². The predicted octanol–water partition coefficient (Wildman–Crippen LogP) is 3.94. The van der Waals surface area contributed by atoms with Gasteiger partial charge >= 0.3 is 0 Å². The molecule has 0 unspecified atom stereocenters. The van der Waals surface area contributed by atoms with Gasteiger partial charge in [0.25, 0.3) is 5.91 Å². The van der Waals surface area contributed by atoms with Crippen molar-refractivity contribution in [3.05, 3.63) is 64.9 Å². The molecule has 1 N–H and O–H groups in total. The topological polar surface area (TPSA) is 59.8 Å². The van der Waals surface area contributed by atoms with E-state index in [1.54, 1.807) is 6.20 Å². The number of carbonyl (C=O) groups is 1. The van der Waals surface area contributed by atoms with Crippen molar-refractivity contribution in [3.63, 3.8) is 0 Å². The number of aromatic nitrogens is 3. The third-order valence-corrected chi connectivity index (χ3v) is 4.37. The Morgan fingerprint density at radius 2 is 2.00 bits per heavy atom. The van der Waals surface area contributed by atoms with Gasteiger partial charge in [0.1, 0.15) is 0 Å². The van der Waals surface area contributed by atoms with Crippen LogP contribution in [-0.4, -0.2) is 20.7 Å². The molecule has 0 aliphatic rings. The van der Waals surface area contributed by atoms with E-state index >= 15 is 0 Å². The van der Waals surface area contributed by atoms with Gasteiger partial charge < -0.3 is 0 Å². The summed E-state index contributed by atoms with van der Waals surface area (Å²) in [6.07, 6.45) is 3.66. The van der Waals surface area contributed by atoms with Crippen LogP contribution in [0.4, 0.5) is 5.13 Å². The summed E-state index contributed by atoms with van der Waals surface area (Å²) >= 11 is 1.45. The van der Waals surface area contributed by atoms with Crippen LogP contribution in [0.3, 0.4) is 0 Å². The molecular weight excluding hydrogens is 320 g/mol. The van der Waals surface area contributed by atoms with Crippen LogP contribution in [0, 0.1) is 0 Å². The number of nitrogens with one attached hydrogen (secondary N) is 1. The average Bonchev–Trinajstić information content (AvgIpc) is 3.19. The first-order valence-corrected chi connectivity index (χ1v) is 8.63. The molecule has 24 heavy (non-hydrogen) atoms. The van der Waals surface area contributed by atoms with E-state index in [2.05, 4.69) is 36.2 Å². The van der Waals surface area contributed by atoms with Crippen molar-refractivity contribution in [1.29, 1.82) is 0 Å². The number of carbonyl (C=O) groups excluding carboxylic acids is 1. The highest BCUT2D eigenvalue weighted by Gasteiger charge is 2.18. The van der Waals surface area contributed by atoms with Gasteiger partial charge in [-0.25, -0.2) is 4.98 Å². The lowest BCUT2D eigenvalue weighted by molar-refractivity contribution is 0.102. The quantitative estimate of drug-likeness (QED) is 0.782. The summed E-state index contributed by atoms with van der Waals surface area (Å²) in [7, 11) is 0. The molecule has 5 nitrogen and oxygen atoms in total. The van der Waals surface area contributed by atoms with Gasteiger partial charge in [-0.15, -0.1) is 11.3 Å². The van der Waals surface area contributed by atoms with Crippen LogP contribution in [-0.2, 0) is 12.0 Å². The number of rotatable bonds is 4. The third-order valence-electron chi connectivity index (χ3n) is 3.61. The Balaban J connectivity index is 1.65. The van der Waals surface area contributed by atoms with E-state index in [0.29, 0.717) is 17.2 Å². The normalized spacial score (nSPS) is 11.5. The van der Waals surface area contributed by atoms with Gasteiger partial charge in [-0.1, -0.05) is 32.9 Å². The molecule has 0 atom stereocenters. The maximum absolute atomic E-state index is 12.3. The highest BCUT2D eigenvalue weighted by Crippen LogP contribution is 2.26. The molecular formula is C18H20N4OS. The molecule has 3 aromatic rings. The van der Waals surface area contributed by atoms with Gasteiger partial charge in [-0.2, -0.15) is 5.10 Å². The minimum Gasteiger partial charge on any atom is -0.298 e. The van der Waals surface area contributed by atoms with E-state index in [1.807, 2.05) is 46.6 Å². The fourth-order valence-corrected chi connectivity index (χ4v) is 3.12. The molecule has 124 valence electrons. The van der Waals surface area contributed by atoms with E-state index in [0.717, 1.165) is 11.3 Å². The van der Waals surface area contributed by atoms with E-state index in [1.165, 1.54) is 11.3 Å². The lowest BCUT2D eigenvalue weighted by atomic mass is 9.93. The second-order valence-corrected chi connectivity index (χ2v) is 7.50. The molecule has 0 bridgehead atoms. The van der Waals surface area contributed by atoms with Crippen LogP contribution in [0.15, 0.2) is 48.1 Å². The Hall–Kier alpha value is -2.47. The fraction of sp³-hybridized carbons (Fsp3) is 0.278. The van der Waals surface area contributed by atoms with Gasteiger partial charge in [-0.05, 0) is 23.8 Å². The summed E-state index contributed by atoms with van der Waals surface area (Å²) in [4.78, 5) is 16.8. The van der Waals surface area contributed by atoms with E-state index in [9.17, 15) is 4.79 Å². The number of anilines is 1. The molecule has 3 rings (SSSR count). The zero-order valence-electron chi connectivity index (χ0n) is 14.0. The number of hydrogen-bond acceptors (Lipinski definition) is 4. The monoisotopic (exact) mass is 340 g/mol. The van der Waals surface area contributed by atoms with E-state index in [-0.39, 0.29) is 11.3 Å². The van der Waals surface area contributed by atoms with E-state index < -0.39 is 0 Å². The first-order valence-electron chi connectivity index (χ1n) is 7.75. The first-order chi connectivity index (χ1) is 11.4. The molecule has 0 fully saturated rings. The summed E-state index contributed by atoms with van der Waals surface area (Å²) in [5.74, 6) is -0.143. The number of amides is 1. The van der Waals surface area contributed by atoms with Crippen molar-refractivity contribution < 1.29 is 4.79 Å². The SMILES string of the molecule is CC(C)(C)c1csc(NC(=O)c2ccc(Cn3cccn3)cc2)n1. The number of thiazole rings is 1. The maximum atomic E-state index is 12.3. The van der Waals surface area contributed by atoms with Crippen LogP contribution in [0.25, 0.3) is 0 Å². The minimum absolute atomic E-state index is 0.0202. The van der Waals surface area contributed by atoms with Crippen molar-refractivity contribution in [2.24, 2.45) is 0 Å². The molecule has 2 aromatic heterocycles. The summed E-state index contributed by atoms with van der Waals surface area (Å²) in [6.45, 7) is 7.00. The Morgan fingerprint density at radius 3 is 2.58 bits per heavy atom. The van der Waals surface area contributed by atoms with Crippen molar-refractivity contribution >= 4 is 22.4 Å². The van der Waals surface area contributed by atoms with Crippen molar-refractivity contribution in [2.75, 3.05) is 5.32 Å². The Bertz CT molecular complexity index is 814. The molecule has 2 heterocycles. The highest BCUT2D eigenvalue weighted by molar-refractivity contribution is 7.14. The standard InChI is InChI=1S/C18H20N4OS/c1-18(2,3)15-12-24-17(20-15)21-16(23)14-7-5-13(6-8-14)11-22-10-4-9-19-22/h4-10,12H,11H2,1-3H3,(H,20,21,23). The second kappa shape index (κ2) is 6.57. The number of benzene rings is 1. The molecule has 6 heteroatoms. The van der Waals surface area contributed by atoms with Crippen LogP contribution < -0.4 is 5.32 Å². The molecule has 1 amide bonds. The van der Waals surface area contributed by atoms with Crippen molar-refractivity contribution in [1.82, 2.24) is 14.8 Å². The van der Waals surface area contributed by atoms with Gasteiger partial charge in [0.15, 0.2) is 5.13 Å². The zero-order valence-corrected chi connectivity index (χ0v) is 14.8. The van der Waals surface area contributed by atoms with Gasteiger partial charge in [-0.3, -0.25) is 14.8 Å². The molecule has 0 aliphatic carbocycles. The zero-order chi connectivity index (χ0) is 17.2. The van der Waals surface area contributed by atoms with Crippen molar-refractivity contribution in [3.8, 4) is 0 Å². The number of nitrogens with zero attached hydrogens (tertiary/aromatic N) is 3. The second-order valence-electron chi connectivity index (χ2n) is 6.64. The molecule has 0 radical (unpaired) electrons. The fourth-order valence-electron chi connectivity index (χ4n) is 2.19. The van der Waals surface area contributed by atoms with Crippen molar-refractivity contribution in [2.45, 2.75) is 32.7 Å².